The van der Waals surface area contributed by atoms with E-state index in [1.165, 1.54) is 10.6 Å². The van der Waals surface area contributed by atoms with Crippen LogP contribution >= 0.6 is 0 Å². The van der Waals surface area contributed by atoms with Crippen LogP contribution < -0.4 is 11.1 Å². The van der Waals surface area contributed by atoms with Gasteiger partial charge in [-0.15, -0.1) is 0 Å². The molecule has 3 rings (SSSR count). The SMILES string of the molecule is CCCc1cc(=O)n2c(=O)cc(-c3ccccc3)n12. The number of benzene rings is 1. The maximum atomic E-state index is 12.0. The maximum absolute atomic E-state index is 12.0. The van der Waals surface area contributed by atoms with Crippen molar-refractivity contribution in [3.8, 4) is 11.3 Å². The van der Waals surface area contributed by atoms with Crippen LogP contribution in [0, 0.1) is 0 Å². The molecular formula is C15H14N2O2. The van der Waals surface area contributed by atoms with E-state index < -0.39 is 0 Å². The van der Waals surface area contributed by atoms with Crippen LogP contribution in [0.1, 0.15) is 19.0 Å². The average molecular weight is 254 g/mol. The van der Waals surface area contributed by atoms with Gasteiger partial charge in [-0.3, -0.25) is 9.59 Å². The molecule has 0 unspecified atom stereocenters. The molecule has 0 aliphatic heterocycles. The van der Waals surface area contributed by atoms with E-state index >= 15 is 0 Å². The predicted octanol–water partition coefficient (Wildman–Crippen LogP) is 1.82. The first-order valence-electron chi connectivity index (χ1n) is 6.38. The van der Waals surface area contributed by atoms with Crippen molar-refractivity contribution < 1.29 is 0 Å². The highest BCUT2D eigenvalue weighted by atomic mass is 16.2. The summed E-state index contributed by atoms with van der Waals surface area (Å²) in [5.41, 5.74) is 2.07. The molecule has 0 N–H and O–H groups in total. The Balaban J connectivity index is 2.37. The molecule has 0 spiro atoms. The van der Waals surface area contributed by atoms with Gasteiger partial charge < -0.3 is 0 Å². The molecular weight excluding hydrogens is 240 g/mol. The molecule has 4 nitrogen and oxygen atoms in total. The lowest BCUT2D eigenvalue weighted by atomic mass is 10.1. The summed E-state index contributed by atoms with van der Waals surface area (Å²) in [4.78, 5) is 23.8. The van der Waals surface area contributed by atoms with Crippen LogP contribution in [-0.2, 0) is 6.42 Å². The molecule has 96 valence electrons. The van der Waals surface area contributed by atoms with Gasteiger partial charge in [0.25, 0.3) is 11.1 Å². The lowest BCUT2D eigenvalue weighted by Gasteiger charge is -2.03. The van der Waals surface area contributed by atoms with Gasteiger partial charge in [0.15, 0.2) is 0 Å². The molecule has 0 aliphatic rings. The van der Waals surface area contributed by atoms with Crippen LogP contribution in [0.2, 0.25) is 0 Å². The zero-order chi connectivity index (χ0) is 13.4. The number of rotatable bonds is 3. The molecule has 0 radical (unpaired) electrons. The van der Waals surface area contributed by atoms with Crippen molar-refractivity contribution in [2.45, 2.75) is 19.8 Å². The van der Waals surface area contributed by atoms with Gasteiger partial charge in [0.2, 0.25) is 0 Å². The summed E-state index contributed by atoms with van der Waals surface area (Å²) in [6, 6.07) is 12.7. The molecule has 1 aromatic carbocycles. The van der Waals surface area contributed by atoms with Crippen molar-refractivity contribution in [1.29, 1.82) is 0 Å². The quantitative estimate of drug-likeness (QED) is 0.715. The normalized spacial score (nSPS) is 11.2. The Morgan fingerprint density at radius 1 is 0.947 bits per heavy atom. The van der Waals surface area contributed by atoms with Gasteiger partial charge in [0, 0.05) is 23.4 Å². The van der Waals surface area contributed by atoms with Crippen molar-refractivity contribution in [1.82, 2.24) is 9.03 Å². The molecule has 0 aliphatic carbocycles. The van der Waals surface area contributed by atoms with Crippen LogP contribution in [-0.4, -0.2) is 9.03 Å². The van der Waals surface area contributed by atoms with Crippen molar-refractivity contribution in [3.63, 3.8) is 0 Å². The lowest BCUT2D eigenvalue weighted by molar-refractivity contribution is 0.752. The Morgan fingerprint density at radius 2 is 1.63 bits per heavy atom. The van der Waals surface area contributed by atoms with E-state index in [4.69, 9.17) is 0 Å². The molecule has 2 aromatic heterocycles. The largest absolute Gasteiger partial charge is 0.275 e. The molecule has 0 saturated carbocycles. The van der Waals surface area contributed by atoms with E-state index in [1.807, 2.05) is 30.3 Å². The first-order chi connectivity index (χ1) is 9.22. The topological polar surface area (TPSA) is 43.0 Å². The summed E-state index contributed by atoms with van der Waals surface area (Å²) in [5, 5.41) is 0. The summed E-state index contributed by atoms with van der Waals surface area (Å²) in [7, 11) is 0. The molecule has 3 aromatic rings. The number of nitrogens with zero attached hydrogens (tertiary/aromatic N) is 2. The maximum Gasteiger partial charge on any atom is 0.275 e. The number of hydrogen-bond donors (Lipinski definition) is 0. The Bertz CT molecular complexity index is 815. The third-order valence-electron chi connectivity index (χ3n) is 3.24. The number of aromatic nitrogens is 2. The minimum atomic E-state index is -0.272. The van der Waals surface area contributed by atoms with Gasteiger partial charge in [-0.25, -0.2) is 4.52 Å². The Kier molecular flexibility index (Phi) is 2.71. The molecule has 0 bridgehead atoms. The lowest BCUT2D eigenvalue weighted by Crippen LogP contribution is -2.20. The molecule has 0 fully saturated rings. The molecule has 4 heteroatoms. The van der Waals surface area contributed by atoms with Crippen LogP contribution in [0.4, 0.5) is 0 Å². The highest BCUT2D eigenvalue weighted by molar-refractivity contribution is 5.59. The number of fused-ring (bicyclic) bond motifs is 1. The summed E-state index contributed by atoms with van der Waals surface area (Å²) in [6.07, 6.45) is 1.71. The summed E-state index contributed by atoms with van der Waals surface area (Å²) in [6.45, 7) is 2.05. The van der Waals surface area contributed by atoms with Crippen LogP contribution in [0.25, 0.3) is 11.3 Å². The Labute approximate surface area is 109 Å². The summed E-state index contributed by atoms with van der Waals surface area (Å²) < 4.78 is 2.94. The van der Waals surface area contributed by atoms with Crippen LogP contribution in [0.3, 0.4) is 0 Å². The standard InChI is InChI=1S/C15H14N2O2/c1-2-6-12-9-14(18)17-15(19)10-13(16(12)17)11-7-4-3-5-8-11/h3-5,7-10H,2,6H2,1H3. The Hall–Kier alpha value is -2.36. The van der Waals surface area contributed by atoms with Gasteiger partial charge in [0.05, 0.1) is 5.69 Å². The van der Waals surface area contributed by atoms with Crippen molar-refractivity contribution >= 4 is 0 Å². The van der Waals surface area contributed by atoms with E-state index in [0.717, 1.165) is 29.8 Å². The third-order valence-corrected chi connectivity index (χ3v) is 3.24. The van der Waals surface area contributed by atoms with Gasteiger partial charge in [-0.1, -0.05) is 43.7 Å². The third kappa shape index (κ3) is 1.76. The first kappa shape index (κ1) is 11.7. The molecule has 2 heterocycles. The monoisotopic (exact) mass is 254 g/mol. The highest BCUT2D eigenvalue weighted by Gasteiger charge is 2.15. The van der Waals surface area contributed by atoms with E-state index in [2.05, 4.69) is 6.92 Å². The summed E-state index contributed by atoms with van der Waals surface area (Å²) >= 11 is 0. The van der Waals surface area contributed by atoms with Crippen molar-refractivity contribution in [2.75, 3.05) is 0 Å². The second kappa shape index (κ2) is 4.39. The van der Waals surface area contributed by atoms with Crippen LogP contribution in [0.15, 0.2) is 52.1 Å². The first-order valence-corrected chi connectivity index (χ1v) is 6.38. The molecule has 19 heavy (non-hydrogen) atoms. The van der Waals surface area contributed by atoms with E-state index in [9.17, 15) is 9.59 Å². The molecule has 0 atom stereocenters. The zero-order valence-corrected chi connectivity index (χ0v) is 10.7. The van der Waals surface area contributed by atoms with Crippen LogP contribution in [0.5, 0.6) is 0 Å². The fourth-order valence-corrected chi connectivity index (χ4v) is 2.45. The van der Waals surface area contributed by atoms with Gasteiger partial charge >= 0.3 is 0 Å². The molecule has 0 saturated heterocycles. The van der Waals surface area contributed by atoms with Gasteiger partial charge in [-0.2, -0.15) is 4.52 Å². The van der Waals surface area contributed by atoms with Gasteiger partial charge in [0.1, 0.15) is 0 Å². The smallest absolute Gasteiger partial charge is 0.267 e. The van der Waals surface area contributed by atoms with E-state index in [-0.39, 0.29) is 11.1 Å². The van der Waals surface area contributed by atoms with E-state index in [1.54, 1.807) is 10.6 Å². The van der Waals surface area contributed by atoms with Crippen molar-refractivity contribution in [3.05, 3.63) is 68.9 Å². The molecule has 0 amide bonds. The fraction of sp³-hybridized carbons (Fsp3) is 0.200. The fourth-order valence-electron chi connectivity index (χ4n) is 2.45. The number of hydrogen-bond acceptors (Lipinski definition) is 2. The van der Waals surface area contributed by atoms with Crippen molar-refractivity contribution in [2.24, 2.45) is 0 Å². The summed E-state index contributed by atoms with van der Waals surface area (Å²) in [5.74, 6) is 0. The zero-order valence-electron chi connectivity index (χ0n) is 10.7. The minimum absolute atomic E-state index is 0.254. The predicted molar refractivity (Wildman–Crippen MR) is 74.0 cm³/mol. The highest BCUT2D eigenvalue weighted by Crippen LogP contribution is 2.18. The average Bonchev–Trinajstić information content (AvgIpc) is 2.92. The number of aryl methyl sites for hydroxylation is 1. The van der Waals surface area contributed by atoms with E-state index in [0.29, 0.717) is 0 Å². The second-order valence-electron chi connectivity index (χ2n) is 4.58. The minimum Gasteiger partial charge on any atom is -0.267 e. The Morgan fingerprint density at radius 3 is 2.32 bits per heavy atom. The van der Waals surface area contributed by atoms with Gasteiger partial charge in [-0.05, 0) is 6.42 Å². The second-order valence-corrected chi connectivity index (χ2v) is 4.58.